The van der Waals surface area contributed by atoms with Gasteiger partial charge < -0.3 is 10.6 Å². The predicted molar refractivity (Wildman–Crippen MR) is 51.2 cm³/mol. The van der Waals surface area contributed by atoms with Gasteiger partial charge in [-0.1, -0.05) is 11.6 Å². The highest BCUT2D eigenvalue weighted by molar-refractivity contribution is 5.07. The second-order valence-electron chi connectivity index (χ2n) is 3.79. The summed E-state index contributed by atoms with van der Waals surface area (Å²) in [6.45, 7) is 3.45. The molecule has 0 aromatic heterocycles. The lowest BCUT2D eigenvalue weighted by molar-refractivity contribution is 0.634. The molecule has 12 heavy (non-hydrogen) atoms. The van der Waals surface area contributed by atoms with Gasteiger partial charge in [-0.25, -0.2) is 0 Å². The minimum Gasteiger partial charge on any atom is -0.314 e. The minimum absolute atomic E-state index is 0.868. The lowest BCUT2D eigenvalue weighted by atomic mass is 10.1. The van der Waals surface area contributed by atoms with E-state index in [1.54, 1.807) is 5.57 Å². The Kier molecular flexibility index (Phi) is 2.79. The van der Waals surface area contributed by atoms with E-state index in [1.165, 1.54) is 38.8 Å². The first-order valence-electron chi connectivity index (χ1n) is 5.07. The molecule has 1 aliphatic carbocycles. The van der Waals surface area contributed by atoms with Crippen molar-refractivity contribution in [1.82, 2.24) is 10.6 Å². The summed E-state index contributed by atoms with van der Waals surface area (Å²) in [7, 11) is 0. The Hall–Kier alpha value is -0.340. The zero-order chi connectivity index (χ0) is 8.23. The van der Waals surface area contributed by atoms with Crippen LogP contribution >= 0.6 is 0 Å². The molecule has 1 fully saturated rings. The van der Waals surface area contributed by atoms with Gasteiger partial charge in [0.2, 0.25) is 0 Å². The molecule has 0 aromatic rings. The molecule has 0 bridgehead atoms. The first-order valence-corrected chi connectivity index (χ1v) is 5.07. The second kappa shape index (κ2) is 4.06. The summed E-state index contributed by atoms with van der Waals surface area (Å²) in [4.78, 5) is 0. The molecule has 0 unspecified atom stereocenters. The molecule has 1 saturated carbocycles. The van der Waals surface area contributed by atoms with Gasteiger partial charge >= 0.3 is 0 Å². The van der Waals surface area contributed by atoms with Crippen LogP contribution in [0.1, 0.15) is 25.7 Å². The Morgan fingerprint density at radius 1 is 1.50 bits per heavy atom. The lowest BCUT2D eigenvalue weighted by Gasteiger charge is -2.13. The Labute approximate surface area is 74.4 Å². The monoisotopic (exact) mass is 166 g/mol. The van der Waals surface area contributed by atoms with Crippen molar-refractivity contribution in [1.29, 1.82) is 0 Å². The van der Waals surface area contributed by atoms with Crippen LogP contribution in [-0.4, -0.2) is 25.7 Å². The van der Waals surface area contributed by atoms with Crippen molar-refractivity contribution in [3.8, 4) is 0 Å². The van der Waals surface area contributed by atoms with Crippen molar-refractivity contribution in [3.05, 3.63) is 11.6 Å². The summed E-state index contributed by atoms with van der Waals surface area (Å²) in [6, 6.07) is 0.868. The van der Waals surface area contributed by atoms with Crippen LogP contribution in [0.25, 0.3) is 0 Å². The molecule has 1 heterocycles. The first-order chi connectivity index (χ1) is 5.95. The molecular formula is C10H18N2. The van der Waals surface area contributed by atoms with Crippen LogP contribution in [0.15, 0.2) is 11.6 Å². The molecule has 2 nitrogen and oxygen atoms in total. The van der Waals surface area contributed by atoms with Crippen LogP contribution in [0.4, 0.5) is 0 Å². The summed E-state index contributed by atoms with van der Waals surface area (Å²) >= 11 is 0. The molecule has 0 saturated heterocycles. The summed E-state index contributed by atoms with van der Waals surface area (Å²) in [5, 5.41) is 6.87. The normalized spacial score (nSPS) is 23.8. The summed E-state index contributed by atoms with van der Waals surface area (Å²) in [6.07, 6.45) is 7.67. The van der Waals surface area contributed by atoms with Gasteiger partial charge in [-0.15, -0.1) is 0 Å². The van der Waals surface area contributed by atoms with E-state index in [-0.39, 0.29) is 0 Å². The maximum atomic E-state index is 3.54. The van der Waals surface area contributed by atoms with E-state index in [9.17, 15) is 0 Å². The van der Waals surface area contributed by atoms with E-state index in [4.69, 9.17) is 0 Å². The summed E-state index contributed by atoms with van der Waals surface area (Å²) < 4.78 is 0. The van der Waals surface area contributed by atoms with Gasteiger partial charge in [0.05, 0.1) is 0 Å². The van der Waals surface area contributed by atoms with Crippen molar-refractivity contribution >= 4 is 0 Å². The minimum atomic E-state index is 0.868. The van der Waals surface area contributed by atoms with Crippen molar-refractivity contribution in [2.75, 3.05) is 19.6 Å². The first kappa shape index (κ1) is 8.27. The van der Waals surface area contributed by atoms with Crippen molar-refractivity contribution in [2.45, 2.75) is 31.7 Å². The van der Waals surface area contributed by atoms with Crippen LogP contribution in [0.2, 0.25) is 0 Å². The largest absolute Gasteiger partial charge is 0.314 e. The molecular weight excluding hydrogens is 148 g/mol. The van der Waals surface area contributed by atoms with Crippen molar-refractivity contribution < 1.29 is 0 Å². The highest BCUT2D eigenvalue weighted by atomic mass is 14.9. The molecule has 2 heteroatoms. The molecule has 68 valence electrons. The van der Waals surface area contributed by atoms with Gasteiger partial charge in [0.1, 0.15) is 0 Å². The second-order valence-corrected chi connectivity index (χ2v) is 3.79. The van der Waals surface area contributed by atoms with E-state index in [0.29, 0.717) is 0 Å². The molecule has 0 amide bonds. The molecule has 0 radical (unpaired) electrons. The van der Waals surface area contributed by atoms with Gasteiger partial charge in [-0.3, -0.25) is 0 Å². The van der Waals surface area contributed by atoms with Crippen LogP contribution in [0, 0.1) is 0 Å². The number of hydrogen-bond acceptors (Lipinski definition) is 2. The zero-order valence-corrected chi connectivity index (χ0v) is 7.60. The third-order valence-corrected chi connectivity index (χ3v) is 2.61. The van der Waals surface area contributed by atoms with Crippen LogP contribution < -0.4 is 10.6 Å². The SMILES string of the molecule is C1=C(CCNC2CC2)CCNC1. The number of nitrogens with one attached hydrogen (secondary N) is 2. The predicted octanol–water partition coefficient (Wildman–Crippen LogP) is 1.05. The molecule has 2 rings (SSSR count). The molecule has 2 aliphatic rings. The Morgan fingerprint density at radius 3 is 3.08 bits per heavy atom. The van der Waals surface area contributed by atoms with Gasteiger partial charge in [-0.2, -0.15) is 0 Å². The smallest absolute Gasteiger partial charge is 0.0137 e. The van der Waals surface area contributed by atoms with Gasteiger partial charge in [-0.05, 0) is 38.8 Å². The standard InChI is InChI=1S/C10H18N2/c1-2-10(1)12-8-5-9-3-6-11-7-4-9/h3,10-12H,1-2,4-8H2. The van der Waals surface area contributed by atoms with Gasteiger partial charge in [0, 0.05) is 12.6 Å². The fraction of sp³-hybridized carbons (Fsp3) is 0.800. The molecule has 1 aliphatic heterocycles. The fourth-order valence-corrected chi connectivity index (χ4v) is 1.62. The van der Waals surface area contributed by atoms with E-state index < -0.39 is 0 Å². The maximum Gasteiger partial charge on any atom is 0.0137 e. The van der Waals surface area contributed by atoms with E-state index in [2.05, 4.69) is 16.7 Å². The van der Waals surface area contributed by atoms with Crippen LogP contribution in [-0.2, 0) is 0 Å². The topological polar surface area (TPSA) is 24.1 Å². The molecule has 2 N–H and O–H groups in total. The highest BCUT2D eigenvalue weighted by Gasteiger charge is 2.19. The van der Waals surface area contributed by atoms with Crippen molar-refractivity contribution in [2.24, 2.45) is 0 Å². The van der Waals surface area contributed by atoms with Crippen molar-refractivity contribution in [3.63, 3.8) is 0 Å². The third kappa shape index (κ3) is 2.61. The Bertz CT molecular complexity index is 171. The Balaban J connectivity index is 1.60. The molecule has 0 aromatic carbocycles. The third-order valence-electron chi connectivity index (χ3n) is 2.61. The van der Waals surface area contributed by atoms with E-state index >= 15 is 0 Å². The summed E-state index contributed by atoms with van der Waals surface area (Å²) in [5.74, 6) is 0. The average molecular weight is 166 g/mol. The number of rotatable bonds is 4. The lowest BCUT2D eigenvalue weighted by Crippen LogP contribution is -2.23. The van der Waals surface area contributed by atoms with E-state index in [0.717, 1.165) is 12.6 Å². The molecule has 0 atom stereocenters. The van der Waals surface area contributed by atoms with Crippen LogP contribution in [0.5, 0.6) is 0 Å². The fourth-order valence-electron chi connectivity index (χ4n) is 1.62. The van der Waals surface area contributed by atoms with Gasteiger partial charge in [0.15, 0.2) is 0 Å². The van der Waals surface area contributed by atoms with E-state index in [1.807, 2.05) is 0 Å². The summed E-state index contributed by atoms with van der Waals surface area (Å²) in [5.41, 5.74) is 1.64. The average Bonchev–Trinajstić information content (AvgIpc) is 2.90. The van der Waals surface area contributed by atoms with Crippen LogP contribution in [0.3, 0.4) is 0 Å². The molecule has 0 spiro atoms. The highest BCUT2D eigenvalue weighted by Crippen LogP contribution is 2.19. The van der Waals surface area contributed by atoms with Gasteiger partial charge in [0.25, 0.3) is 0 Å². The number of hydrogen-bond donors (Lipinski definition) is 2. The quantitative estimate of drug-likeness (QED) is 0.610. The maximum absolute atomic E-state index is 3.54. The Morgan fingerprint density at radius 2 is 2.42 bits per heavy atom. The zero-order valence-electron chi connectivity index (χ0n) is 7.60.